The summed E-state index contributed by atoms with van der Waals surface area (Å²) in [6, 6.07) is -1.51. The number of carbonyl (C=O) groups excluding carboxylic acids is 2. The summed E-state index contributed by atoms with van der Waals surface area (Å²) in [7, 11) is 0. The molecule has 1 saturated heterocycles. The summed E-state index contributed by atoms with van der Waals surface area (Å²) in [5, 5.41) is 11.5. The Morgan fingerprint density at radius 3 is 2.52 bits per heavy atom. The molecule has 1 rings (SSSR count). The minimum atomic E-state index is -1.02. The first-order valence-electron chi connectivity index (χ1n) is 6.98. The van der Waals surface area contributed by atoms with Crippen LogP contribution in [-0.2, 0) is 14.4 Å². The molecule has 0 saturated carbocycles. The molecule has 1 aliphatic heterocycles. The fourth-order valence-electron chi connectivity index (χ4n) is 2.08. The van der Waals surface area contributed by atoms with E-state index in [1.165, 1.54) is 16.7 Å². The number of rotatable bonds is 6. The number of thioether (sulfide) groups is 1. The molecule has 4 N–H and O–H groups in total. The summed E-state index contributed by atoms with van der Waals surface area (Å²) in [5.74, 6) is -1.46. The summed E-state index contributed by atoms with van der Waals surface area (Å²) in [4.78, 5) is 36.5. The van der Waals surface area contributed by atoms with Gasteiger partial charge in [0, 0.05) is 5.75 Å². The molecule has 0 spiro atoms. The molecular weight excluding hydrogens is 294 g/mol. The SMILES string of the molecule is CCC1SCC(C(=O)O)N1C(=O)CNC(=O)[C@@H](N)C(C)C. The Morgan fingerprint density at radius 2 is 2.05 bits per heavy atom. The summed E-state index contributed by atoms with van der Waals surface area (Å²) in [6.45, 7) is 5.31. The van der Waals surface area contributed by atoms with Crippen LogP contribution in [0.15, 0.2) is 0 Å². The minimum absolute atomic E-state index is 0.0300. The van der Waals surface area contributed by atoms with E-state index in [9.17, 15) is 14.4 Å². The zero-order valence-electron chi connectivity index (χ0n) is 12.5. The molecule has 1 aliphatic rings. The van der Waals surface area contributed by atoms with E-state index in [1.54, 1.807) is 0 Å². The Balaban J connectivity index is 2.64. The summed E-state index contributed by atoms with van der Waals surface area (Å²) in [5.41, 5.74) is 5.69. The van der Waals surface area contributed by atoms with Crippen molar-refractivity contribution in [1.82, 2.24) is 10.2 Å². The fourth-order valence-corrected chi connectivity index (χ4v) is 3.45. The summed E-state index contributed by atoms with van der Waals surface area (Å²) in [6.07, 6.45) is 0.666. The monoisotopic (exact) mass is 317 g/mol. The molecule has 0 aliphatic carbocycles. The van der Waals surface area contributed by atoms with Gasteiger partial charge in [-0.25, -0.2) is 4.79 Å². The Hall–Kier alpha value is -1.28. The highest BCUT2D eigenvalue weighted by molar-refractivity contribution is 8.00. The van der Waals surface area contributed by atoms with Crippen LogP contribution in [0.3, 0.4) is 0 Å². The molecule has 1 heterocycles. The highest BCUT2D eigenvalue weighted by Crippen LogP contribution is 2.31. The van der Waals surface area contributed by atoms with Crippen LogP contribution in [0.1, 0.15) is 27.2 Å². The predicted octanol–water partition coefficient (Wildman–Crippen LogP) is -0.149. The minimum Gasteiger partial charge on any atom is -0.480 e. The maximum absolute atomic E-state index is 12.2. The van der Waals surface area contributed by atoms with E-state index >= 15 is 0 Å². The number of nitrogens with zero attached hydrogens (tertiary/aromatic N) is 1. The van der Waals surface area contributed by atoms with Gasteiger partial charge in [0.05, 0.1) is 18.0 Å². The van der Waals surface area contributed by atoms with Gasteiger partial charge in [-0.1, -0.05) is 20.8 Å². The lowest BCUT2D eigenvalue weighted by atomic mass is 10.1. The second-order valence-electron chi connectivity index (χ2n) is 5.34. The van der Waals surface area contributed by atoms with E-state index in [0.717, 1.165) is 0 Å². The largest absolute Gasteiger partial charge is 0.480 e. The smallest absolute Gasteiger partial charge is 0.327 e. The van der Waals surface area contributed by atoms with Gasteiger partial charge in [-0.05, 0) is 12.3 Å². The van der Waals surface area contributed by atoms with Gasteiger partial charge in [0.15, 0.2) is 0 Å². The van der Waals surface area contributed by atoms with Crippen molar-refractivity contribution in [3.63, 3.8) is 0 Å². The number of carboxylic acids is 1. The number of hydrogen-bond donors (Lipinski definition) is 3. The number of nitrogens with two attached hydrogens (primary N) is 1. The number of carbonyl (C=O) groups is 3. The Kier molecular flexibility index (Phi) is 6.47. The van der Waals surface area contributed by atoms with E-state index in [4.69, 9.17) is 10.8 Å². The van der Waals surface area contributed by atoms with E-state index in [0.29, 0.717) is 12.2 Å². The number of carboxylic acid groups (broad SMARTS) is 1. The quantitative estimate of drug-likeness (QED) is 0.628. The fraction of sp³-hybridized carbons (Fsp3) is 0.769. The van der Waals surface area contributed by atoms with E-state index in [2.05, 4.69) is 5.32 Å². The van der Waals surface area contributed by atoms with E-state index in [-0.39, 0.29) is 23.7 Å². The van der Waals surface area contributed by atoms with Crippen LogP contribution in [0.5, 0.6) is 0 Å². The molecule has 0 radical (unpaired) electrons. The maximum Gasteiger partial charge on any atom is 0.327 e. The van der Waals surface area contributed by atoms with Gasteiger partial charge in [-0.15, -0.1) is 11.8 Å². The average Bonchev–Trinajstić information content (AvgIpc) is 2.87. The highest BCUT2D eigenvalue weighted by Gasteiger charge is 2.40. The lowest BCUT2D eigenvalue weighted by molar-refractivity contribution is -0.149. The first kappa shape index (κ1) is 17.8. The van der Waals surface area contributed by atoms with Crippen molar-refractivity contribution in [2.45, 2.75) is 44.6 Å². The normalized spacial score (nSPS) is 23.2. The van der Waals surface area contributed by atoms with Gasteiger partial charge in [0.2, 0.25) is 11.8 Å². The van der Waals surface area contributed by atoms with Gasteiger partial charge in [-0.3, -0.25) is 9.59 Å². The molecular formula is C13H23N3O4S. The zero-order valence-corrected chi connectivity index (χ0v) is 13.4. The van der Waals surface area contributed by atoms with Crippen molar-refractivity contribution < 1.29 is 19.5 Å². The predicted molar refractivity (Wildman–Crippen MR) is 80.6 cm³/mol. The van der Waals surface area contributed by atoms with Crippen molar-refractivity contribution in [2.24, 2.45) is 11.7 Å². The van der Waals surface area contributed by atoms with E-state index < -0.39 is 24.0 Å². The first-order valence-corrected chi connectivity index (χ1v) is 8.03. The second-order valence-corrected chi connectivity index (χ2v) is 6.55. The molecule has 7 nitrogen and oxygen atoms in total. The van der Waals surface area contributed by atoms with Crippen LogP contribution < -0.4 is 11.1 Å². The first-order chi connectivity index (χ1) is 9.79. The molecule has 2 amide bonds. The molecule has 0 aromatic rings. The number of hydrogen-bond acceptors (Lipinski definition) is 5. The third kappa shape index (κ3) is 4.34. The zero-order chi connectivity index (χ0) is 16.2. The molecule has 1 fully saturated rings. The van der Waals surface area contributed by atoms with Crippen molar-refractivity contribution in [3.05, 3.63) is 0 Å². The molecule has 0 aromatic heterocycles. The molecule has 21 heavy (non-hydrogen) atoms. The third-order valence-electron chi connectivity index (χ3n) is 3.45. The molecule has 0 bridgehead atoms. The highest BCUT2D eigenvalue weighted by atomic mass is 32.2. The van der Waals surface area contributed by atoms with Crippen LogP contribution in [0.2, 0.25) is 0 Å². The Bertz CT molecular complexity index is 416. The second kappa shape index (κ2) is 7.65. The number of nitrogens with one attached hydrogen (secondary N) is 1. The average molecular weight is 317 g/mol. The van der Waals surface area contributed by atoms with Gasteiger partial charge < -0.3 is 21.1 Å². The van der Waals surface area contributed by atoms with Gasteiger partial charge in [-0.2, -0.15) is 0 Å². The summed E-state index contributed by atoms with van der Waals surface area (Å²) >= 11 is 1.45. The topological polar surface area (TPSA) is 113 Å². The van der Waals surface area contributed by atoms with Crippen molar-refractivity contribution in [2.75, 3.05) is 12.3 Å². The molecule has 120 valence electrons. The van der Waals surface area contributed by atoms with Crippen LogP contribution >= 0.6 is 11.8 Å². The van der Waals surface area contributed by atoms with Crippen LogP contribution in [0.4, 0.5) is 0 Å². The van der Waals surface area contributed by atoms with Crippen LogP contribution in [-0.4, -0.2) is 57.5 Å². The standard InChI is InChI=1S/C13H23N3O4S/c1-4-10-16(8(6-21-10)13(19)20)9(17)5-15-12(18)11(14)7(2)3/h7-8,10-11H,4-6,14H2,1-3H3,(H,15,18)(H,19,20)/t8?,10?,11-/m0/s1. The summed E-state index contributed by atoms with van der Waals surface area (Å²) < 4.78 is 0. The Labute approximate surface area is 128 Å². The van der Waals surface area contributed by atoms with Crippen molar-refractivity contribution in [3.8, 4) is 0 Å². The number of aliphatic carboxylic acids is 1. The van der Waals surface area contributed by atoms with Crippen molar-refractivity contribution in [1.29, 1.82) is 0 Å². The Morgan fingerprint density at radius 1 is 1.43 bits per heavy atom. The molecule has 0 aromatic carbocycles. The number of amides is 2. The lowest BCUT2D eigenvalue weighted by Crippen LogP contribution is -2.51. The molecule has 3 atom stereocenters. The van der Waals surface area contributed by atoms with E-state index in [1.807, 2.05) is 20.8 Å². The third-order valence-corrected chi connectivity index (χ3v) is 4.90. The molecule has 8 heteroatoms. The van der Waals surface area contributed by atoms with Crippen LogP contribution in [0.25, 0.3) is 0 Å². The van der Waals surface area contributed by atoms with Gasteiger partial charge in [0.1, 0.15) is 6.04 Å². The van der Waals surface area contributed by atoms with Gasteiger partial charge in [0.25, 0.3) is 0 Å². The van der Waals surface area contributed by atoms with Gasteiger partial charge >= 0.3 is 5.97 Å². The maximum atomic E-state index is 12.2. The lowest BCUT2D eigenvalue weighted by Gasteiger charge is -2.27. The van der Waals surface area contributed by atoms with Crippen molar-refractivity contribution >= 4 is 29.5 Å². The van der Waals surface area contributed by atoms with Crippen LogP contribution in [0, 0.1) is 5.92 Å². The molecule has 2 unspecified atom stereocenters.